The van der Waals surface area contributed by atoms with Gasteiger partial charge in [-0.05, 0) is 38.7 Å². The Hall–Kier alpha value is -2.24. The van der Waals surface area contributed by atoms with E-state index in [1.54, 1.807) is 6.20 Å². The van der Waals surface area contributed by atoms with Crippen molar-refractivity contribution >= 4 is 5.91 Å². The van der Waals surface area contributed by atoms with Gasteiger partial charge in [0.15, 0.2) is 5.82 Å². The fourth-order valence-electron chi connectivity index (χ4n) is 3.80. The van der Waals surface area contributed by atoms with Crippen molar-refractivity contribution in [3.63, 3.8) is 0 Å². The molecule has 3 heterocycles. The second kappa shape index (κ2) is 6.58. The number of amides is 1. The fraction of sp³-hybridized carbons (Fsp3) is 0.579. The largest absolute Gasteiger partial charge is 0.342 e. The van der Waals surface area contributed by atoms with E-state index in [0.29, 0.717) is 5.91 Å². The van der Waals surface area contributed by atoms with Crippen molar-refractivity contribution in [3.05, 3.63) is 30.0 Å². The van der Waals surface area contributed by atoms with E-state index in [9.17, 15) is 4.79 Å². The first-order valence-corrected chi connectivity index (χ1v) is 9.24. The Morgan fingerprint density at radius 2 is 2.04 bits per heavy atom. The van der Waals surface area contributed by atoms with Crippen molar-refractivity contribution in [2.75, 3.05) is 13.1 Å². The first kappa shape index (κ1) is 16.2. The maximum atomic E-state index is 12.6. The van der Waals surface area contributed by atoms with Gasteiger partial charge in [0, 0.05) is 50.1 Å². The third kappa shape index (κ3) is 3.17. The highest BCUT2D eigenvalue weighted by atomic mass is 16.2. The first-order chi connectivity index (χ1) is 12.1. The fourth-order valence-corrected chi connectivity index (χ4v) is 3.80. The van der Waals surface area contributed by atoms with E-state index in [1.165, 1.54) is 6.42 Å². The lowest BCUT2D eigenvalue weighted by atomic mass is 9.83. The SMILES string of the molecule is Cc1cc(-c2nccn2C)nc([C@H]2CCCN(C(=O)C3CCC3)C2)n1. The Bertz CT molecular complexity index is 780. The lowest BCUT2D eigenvalue weighted by Gasteiger charge is -2.36. The van der Waals surface area contributed by atoms with Gasteiger partial charge in [-0.1, -0.05) is 6.42 Å². The van der Waals surface area contributed by atoms with Crippen LogP contribution in [-0.2, 0) is 11.8 Å². The van der Waals surface area contributed by atoms with Crippen LogP contribution in [0.2, 0.25) is 0 Å². The Balaban J connectivity index is 1.57. The van der Waals surface area contributed by atoms with E-state index in [0.717, 1.165) is 61.8 Å². The van der Waals surface area contributed by atoms with Crippen LogP contribution in [0.15, 0.2) is 18.5 Å². The zero-order chi connectivity index (χ0) is 17.4. The van der Waals surface area contributed by atoms with Crippen molar-refractivity contribution in [3.8, 4) is 11.5 Å². The van der Waals surface area contributed by atoms with Gasteiger partial charge in [0.05, 0.1) is 0 Å². The van der Waals surface area contributed by atoms with Gasteiger partial charge in [0.25, 0.3) is 0 Å². The number of aryl methyl sites for hydroxylation is 2. The van der Waals surface area contributed by atoms with E-state index in [1.807, 2.05) is 35.7 Å². The van der Waals surface area contributed by atoms with Crippen LogP contribution >= 0.6 is 0 Å². The molecule has 0 radical (unpaired) electrons. The molecule has 2 aromatic heterocycles. The molecule has 0 unspecified atom stereocenters. The van der Waals surface area contributed by atoms with Gasteiger partial charge in [-0.25, -0.2) is 15.0 Å². The summed E-state index contributed by atoms with van der Waals surface area (Å²) in [5, 5.41) is 0. The second-order valence-electron chi connectivity index (χ2n) is 7.37. The van der Waals surface area contributed by atoms with Gasteiger partial charge in [-0.2, -0.15) is 0 Å². The van der Waals surface area contributed by atoms with E-state index in [4.69, 9.17) is 4.98 Å². The molecule has 0 aromatic carbocycles. The summed E-state index contributed by atoms with van der Waals surface area (Å²) in [6.07, 6.45) is 9.09. The highest BCUT2D eigenvalue weighted by Gasteiger charge is 2.33. The summed E-state index contributed by atoms with van der Waals surface area (Å²) in [6.45, 7) is 3.63. The zero-order valence-electron chi connectivity index (χ0n) is 15.0. The van der Waals surface area contributed by atoms with Gasteiger partial charge in [0.1, 0.15) is 11.5 Å². The van der Waals surface area contributed by atoms with Gasteiger partial charge >= 0.3 is 0 Å². The summed E-state index contributed by atoms with van der Waals surface area (Å²) in [7, 11) is 1.97. The van der Waals surface area contributed by atoms with Crippen molar-refractivity contribution in [1.29, 1.82) is 0 Å². The molecule has 2 aliphatic rings. The summed E-state index contributed by atoms with van der Waals surface area (Å²) >= 11 is 0. The smallest absolute Gasteiger partial charge is 0.225 e. The highest BCUT2D eigenvalue weighted by molar-refractivity contribution is 5.79. The Morgan fingerprint density at radius 3 is 2.72 bits per heavy atom. The lowest BCUT2D eigenvalue weighted by Crippen LogP contribution is -2.44. The summed E-state index contributed by atoms with van der Waals surface area (Å²) in [5.74, 6) is 2.53. The molecule has 2 fully saturated rings. The molecule has 0 bridgehead atoms. The van der Waals surface area contributed by atoms with E-state index in [-0.39, 0.29) is 11.8 Å². The van der Waals surface area contributed by atoms with E-state index >= 15 is 0 Å². The van der Waals surface area contributed by atoms with Crippen LogP contribution in [0, 0.1) is 12.8 Å². The van der Waals surface area contributed by atoms with Crippen LogP contribution in [0.3, 0.4) is 0 Å². The zero-order valence-corrected chi connectivity index (χ0v) is 15.0. The summed E-state index contributed by atoms with van der Waals surface area (Å²) in [5.41, 5.74) is 1.81. The number of carbonyl (C=O) groups excluding carboxylic acids is 1. The number of hydrogen-bond acceptors (Lipinski definition) is 4. The van der Waals surface area contributed by atoms with Crippen LogP contribution in [0.4, 0.5) is 0 Å². The maximum absolute atomic E-state index is 12.6. The van der Waals surface area contributed by atoms with Crippen LogP contribution < -0.4 is 0 Å². The summed E-state index contributed by atoms with van der Waals surface area (Å²) in [4.78, 5) is 28.5. The number of aromatic nitrogens is 4. The maximum Gasteiger partial charge on any atom is 0.225 e. The topological polar surface area (TPSA) is 63.9 Å². The second-order valence-corrected chi connectivity index (χ2v) is 7.37. The van der Waals surface area contributed by atoms with Crippen LogP contribution in [-0.4, -0.2) is 43.4 Å². The standard InChI is InChI=1S/C19H25N5O/c1-13-11-16(18-20-8-10-23(18)2)22-17(21-13)15-7-4-9-24(12-15)19(25)14-5-3-6-14/h8,10-11,14-15H,3-7,9,12H2,1-2H3/t15-/m0/s1. The molecule has 0 N–H and O–H groups in total. The number of likely N-dealkylation sites (tertiary alicyclic amines) is 1. The molecule has 25 heavy (non-hydrogen) atoms. The molecule has 1 saturated carbocycles. The van der Waals surface area contributed by atoms with Crippen LogP contribution in [0.25, 0.3) is 11.5 Å². The summed E-state index contributed by atoms with van der Waals surface area (Å²) in [6, 6.07) is 1.98. The van der Waals surface area contributed by atoms with Crippen molar-refractivity contribution in [1.82, 2.24) is 24.4 Å². The van der Waals surface area contributed by atoms with Crippen LogP contribution in [0.5, 0.6) is 0 Å². The molecule has 1 aliphatic heterocycles. The Labute approximate surface area is 148 Å². The molecule has 6 nitrogen and oxygen atoms in total. The average molecular weight is 339 g/mol. The number of hydrogen-bond donors (Lipinski definition) is 0. The molecule has 1 atom stereocenters. The predicted octanol–water partition coefficient (Wildman–Crippen LogP) is 2.69. The third-order valence-corrected chi connectivity index (χ3v) is 5.47. The highest BCUT2D eigenvalue weighted by Crippen LogP contribution is 2.32. The first-order valence-electron chi connectivity index (χ1n) is 9.24. The van der Waals surface area contributed by atoms with Gasteiger partial charge in [-0.3, -0.25) is 4.79 Å². The number of rotatable bonds is 3. The van der Waals surface area contributed by atoms with Crippen LogP contribution in [0.1, 0.15) is 49.5 Å². The molecule has 6 heteroatoms. The monoisotopic (exact) mass is 339 g/mol. The molecular weight excluding hydrogens is 314 g/mol. The Kier molecular flexibility index (Phi) is 4.27. The molecule has 1 saturated heterocycles. The molecule has 4 rings (SSSR count). The average Bonchev–Trinajstić information content (AvgIpc) is 2.99. The molecule has 132 valence electrons. The lowest BCUT2D eigenvalue weighted by molar-refractivity contribution is -0.139. The number of nitrogens with zero attached hydrogens (tertiary/aromatic N) is 5. The molecule has 0 spiro atoms. The third-order valence-electron chi connectivity index (χ3n) is 5.47. The summed E-state index contributed by atoms with van der Waals surface area (Å²) < 4.78 is 1.97. The minimum Gasteiger partial charge on any atom is -0.342 e. The number of carbonyl (C=O) groups is 1. The normalized spacial score (nSPS) is 21.2. The minimum absolute atomic E-state index is 0.219. The van der Waals surface area contributed by atoms with Crippen molar-refractivity contribution in [2.24, 2.45) is 13.0 Å². The predicted molar refractivity (Wildman–Crippen MR) is 94.9 cm³/mol. The Morgan fingerprint density at radius 1 is 1.20 bits per heavy atom. The van der Waals surface area contributed by atoms with E-state index < -0.39 is 0 Å². The van der Waals surface area contributed by atoms with Crippen molar-refractivity contribution in [2.45, 2.75) is 44.9 Å². The molecule has 2 aromatic rings. The van der Waals surface area contributed by atoms with E-state index in [2.05, 4.69) is 9.97 Å². The number of piperidine rings is 1. The number of imidazole rings is 1. The van der Waals surface area contributed by atoms with Gasteiger partial charge in [-0.15, -0.1) is 0 Å². The quantitative estimate of drug-likeness (QED) is 0.862. The van der Waals surface area contributed by atoms with Crippen molar-refractivity contribution < 1.29 is 4.79 Å². The molecular formula is C19H25N5O. The molecule has 1 aliphatic carbocycles. The van der Waals surface area contributed by atoms with Gasteiger partial charge in [0.2, 0.25) is 5.91 Å². The van der Waals surface area contributed by atoms with Gasteiger partial charge < -0.3 is 9.47 Å². The minimum atomic E-state index is 0.219. The molecule has 1 amide bonds.